The topological polar surface area (TPSA) is 46.5 Å². The van der Waals surface area contributed by atoms with Crippen molar-refractivity contribution in [2.24, 2.45) is 28.6 Å². The van der Waals surface area contributed by atoms with Gasteiger partial charge in [-0.3, -0.25) is 4.79 Å². The third-order valence-corrected chi connectivity index (χ3v) is 7.43. The number of carbonyl (C=O) groups excluding carboxylic acids is 1. The lowest BCUT2D eigenvalue weighted by molar-refractivity contribution is -0.140. The fourth-order valence-electron chi connectivity index (χ4n) is 6.13. The van der Waals surface area contributed by atoms with Gasteiger partial charge in [0.05, 0.1) is 6.10 Å². The molecule has 136 valence electrons. The van der Waals surface area contributed by atoms with Gasteiger partial charge in [0.15, 0.2) is 0 Å². The molecule has 4 rings (SSSR count). The van der Waals surface area contributed by atoms with E-state index in [1.54, 1.807) is 0 Å². The van der Waals surface area contributed by atoms with Gasteiger partial charge in [-0.05, 0) is 43.4 Å². The van der Waals surface area contributed by atoms with E-state index in [4.69, 9.17) is 4.74 Å². The summed E-state index contributed by atoms with van der Waals surface area (Å²) in [7, 11) is 0. The van der Waals surface area contributed by atoms with Gasteiger partial charge in [-0.25, -0.2) is 4.39 Å². The Balaban J connectivity index is 1.68. The molecule has 0 aliphatic heterocycles. The maximum absolute atomic E-state index is 14.7. The van der Waals surface area contributed by atoms with Gasteiger partial charge in [0, 0.05) is 24.2 Å². The quantitative estimate of drug-likeness (QED) is 0.564. The minimum Gasteiger partial charge on any atom is -0.428 e. The summed E-state index contributed by atoms with van der Waals surface area (Å²) >= 11 is 0. The molecule has 0 aromatic carbocycles. The Bertz CT molecular complexity index is 706. The number of carbonyl (C=O) groups is 1. The van der Waals surface area contributed by atoms with Crippen molar-refractivity contribution in [3.05, 3.63) is 35.4 Å². The largest absolute Gasteiger partial charge is 0.428 e. The number of rotatable bonds is 1. The van der Waals surface area contributed by atoms with Gasteiger partial charge in [0.2, 0.25) is 0 Å². The molecule has 1 N–H and O–H groups in total. The molecule has 3 nitrogen and oxygen atoms in total. The summed E-state index contributed by atoms with van der Waals surface area (Å²) in [5, 5.41) is 9.97. The van der Waals surface area contributed by atoms with E-state index >= 15 is 0 Å². The fraction of sp³-hybridized carbons (Fsp3) is 0.667. The van der Waals surface area contributed by atoms with E-state index in [1.807, 2.05) is 6.08 Å². The molecule has 1 unspecified atom stereocenters. The Kier molecular flexibility index (Phi) is 3.77. The minimum absolute atomic E-state index is 0.0376. The number of halogens is 1. The monoisotopic (exact) mass is 346 g/mol. The summed E-state index contributed by atoms with van der Waals surface area (Å²) in [6, 6.07) is 0. The van der Waals surface area contributed by atoms with Crippen LogP contribution in [-0.4, -0.2) is 17.2 Å². The lowest BCUT2D eigenvalue weighted by Crippen LogP contribution is -2.49. The standard InChI is InChI=1S/C21H27FO3/c1-12(23)25-19-18(22)11-17-15-5-4-13-10-14(24)6-8-20(13,2)16(15)7-9-21(17,19)3/h4,6,8,14-17,24H,5,7,9-11H2,1-3H3/t14?,15-,16-,17+,20+,21+/m1/s1. The molecule has 1 saturated carbocycles. The van der Waals surface area contributed by atoms with Crippen LogP contribution in [0, 0.1) is 28.6 Å². The first kappa shape index (κ1) is 17.0. The number of allylic oxidation sites excluding steroid dienone is 4. The van der Waals surface area contributed by atoms with Gasteiger partial charge in [-0.15, -0.1) is 0 Å². The van der Waals surface area contributed by atoms with Crippen molar-refractivity contribution in [3.63, 3.8) is 0 Å². The highest BCUT2D eigenvalue weighted by Gasteiger charge is 2.58. The molecule has 0 heterocycles. The molecule has 0 spiro atoms. The number of aliphatic hydroxyl groups is 1. The Morgan fingerprint density at radius 1 is 1.32 bits per heavy atom. The second kappa shape index (κ2) is 5.54. The maximum Gasteiger partial charge on any atom is 0.307 e. The lowest BCUT2D eigenvalue weighted by Gasteiger charge is -2.55. The summed E-state index contributed by atoms with van der Waals surface area (Å²) in [6.45, 7) is 5.69. The van der Waals surface area contributed by atoms with Crippen molar-refractivity contribution >= 4 is 5.97 Å². The first-order valence-corrected chi connectivity index (χ1v) is 9.40. The molecule has 0 bridgehead atoms. The predicted octanol–water partition coefficient (Wildman–Crippen LogP) is 4.44. The molecule has 0 radical (unpaired) electrons. The van der Waals surface area contributed by atoms with Gasteiger partial charge in [-0.1, -0.05) is 37.6 Å². The Labute approximate surface area is 148 Å². The van der Waals surface area contributed by atoms with Crippen molar-refractivity contribution in [1.82, 2.24) is 0 Å². The van der Waals surface area contributed by atoms with Crippen LogP contribution in [0.3, 0.4) is 0 Å². The second-order valence-corrected chi connectivity index (χ2v) is 8.74. The molecule has 4 aliphatic carbocycles. The van der Waals surface area contributed by atoms with Gasteiger partial charge in [0.25, 0.3) is 0 Å². The van der Waals surface area contributed by atoms with Crippen LogP contribution < -0.4 is 0 Å². The van der Waals surface area contributed by atoms with Crippen LogP contribution in [0.1, 0.15) is 52.9 Å². The summed E-state index contributed by atoms with van der Waals surface area (Å²) in [5.41, 5.74) is 0.916. The summed E-state index contributed by atoms with van der Waals surface area (Å²) in [5.74, 6) is 0.632. The Hall–Kier alpha value is -1.42. The van der Waals surface area contributed by atoms with E-state index < -0.39 is 5.97 Å². The summed E-state index contributed by atoms with van der Waals surface area (Å²) < 4.78 is 20.0. The predicted molar refractivity (Wildman–Crippen MR) is 92.9 cm³/mol. The minimum atomic E-state index is -0.434. The Morgan fingerprint density at radius 3 is 2.80 bits per heavy atom. The summed E-state index contributed by atoms with van der Waals surface area (Å²) in [4.78, 5) is 11.4. The number of ether oxygens (including phenoxy) is 1. The SMILES string of the molecule is CC(=O)OC1=C(F)C[C@H]2[C@@H]3CC=C4CC(O)C=C[C@]4(C)[C@@H]3CC[C@]12C. The fourth-order valence-corrected chi connectivity index (χ4v) is 6.13. The van der Waals surface area contributed by atoms with Crippen LogP contribution in [-0.2, 0) is 9.53 Å². The van der Waals surface area contributed by atoms with Gasteiger partial charge < -0.3 is 9.84 Å². The van der Waals surface area contributed by atoms with Gasteiger partial charge in [-0.2, -0.15) is 0 Å². The van der Waals surface area contributed by atoms with Crippen LogP contribution in [0.25, 0.3) is 0 Å². The molecule has 0 amide bonds. The van der Waals surface area contributed by atoms with Crippen LogP contribution in [0.5, 0.6) is 0 Å². The molecule has 25 heavy (non-hydrogen) atoms. The number of aliphatic hydroxyl groups excluding tert-OH is 1. The molecular weight excluding hydrogens is 319 g/mol. The van der Waals surface area contributed by atoms with Crippen LogP contribution in [0.4, 0.5) is 4.39 Å². The van der Waals surface area contributed by atoms with Crippen molar-refractivity contribution in [2.75, 3.05) is 0 Å². The second-order valence-electron chi connectivity index (χ2n) is 8.74. The molecule has 6 atom stereocenters. The first-order chi connectivity index (χ1) is 11.8. The van der Waals surface area contributed by atoms with E-state index in [9.17, 15) is 14.3 Å². The van der Waals surface area contributed by atoms with Crippen molar-refractivity contribution in [1.29, 1.82) is 0 Å². The number of esters is 1. The Morgan fingerprint density at radius 2 is 2.08 bits per heavy atom. The summed E-state index contributed by atoms with van der Waals surface area (Å²) in [6.07, 6.45) is 9.85. The van der Waals surface area contributed by atoms with E-state index in [-0.39, 0.29) is 34.4 Å². The van der Waals surface area contributed by atoms with E-state index in [0.29, 0.717) is 24.7 Å². The smallest absolute Gasteiger partial charge is 0.307 e. The van der Waals surface area contributed by atoms with Gasteiger partial charge >= 0.3 is 5.97 Å². The molecule has 0 aromatic rings. The van der Waals surface area contributed by atoms with Crippen molar-refractivity contribution in [3.8, 4) is 0 Å². The lowest BCUT2D eigenvalue weighted by atomic mass is 9.49. The van der Waals surface area contributed by atoms with E-state index in [0.717, 1.165) is 19.3 Å². The third kappa shape index (κ3) is 2.37. The molecule has 0 aromatic heterocycles. The third-order valence-electron chi connectivity index (χ3n) is 7.43. The molecular formula is C21H27FO3. The van der Waals surface area contributed by atoms with E-state index in [2.05, 4.69) is 26.0 Å². The number of hydrogen-bond acceptors (Lipinski definition) is 3. The highest BCUT2D eigenvalue weighted by atomic mass is 19.1. The normalized spacial score (nSPS) is 45.4. The van der Waals surface area contributed by atoms with Crippen molar-refractivity contribution < 1.29 is 19.0 Å². The van der Waals surface area contributed by atoms with E-state index in [1.165, 1.54) is 12.5 Å². The van der Waals surface area contributed by atoms with Crippen molar-refractivity contribution in [2.45, 2.75) is 59.0 Å². The van der Waals surface area contributed by atoms with Crippen LogP contribution >= 0.6 is 0 Å². The van der Waals surface area contributed by atoms with Gasteiger partial charge in [0.1, 0.15) is 11.6 Å². The van der Waals surface area contributed by atoms with Crippen LogP contribution in [0.15, 0.2) is 35.4 Å². The molecule has 4 heteroatoms. The number of fused-ring (bicyclic) bond motifs is 5. The number of hydrogen-bond donors (Lipinski definition) is 1. The highest BCUT2D eigenvalue weighted by Crippen LogP contribution is 2.65. The molecule has 1 fully saturated rings. The first-order valence-electron chi connectivity index (χ1n) is 9.40. The molecule has 0 saturated heterocycles. The zero-order chi connectivity index (χ0) is 18.0. The zero-order valence-corrected chi connectivity index (χ0v) is 15.2. The molecule has 4 aliphatic rings. The van der Waals surface area contributed by atoms with Crippen LogP contribution in [0.2, 0.25) is 0 Å². The zero-order valence-electron chi connectivity index (χ0n) is 15.2. The maximum atomic E-state index is 14.7. The average Bonchev–Trinajstić information content (AvgIpc) is 2.79. The average molecular weight is 346 g/mol. The highest BCUT2D eigenvalue weighted by molar-refractivity contribution is 5.67.